The molecule has 0 spiro atoms. The van der Waals surface area contributed by atoms with Gasteiger partial charge in [0, 0.05) is 18.4 Å². The van der Waals surface area contributed by atoms with Crippen LogP contribution in [0.25, 0.3) is 0 Å². The van der Waals surface area contributed by atoms with E-state index in [1.807, 2.05) is 0 Å². The van der Waals surface area contributed by atoms with Crippen molar-refractivity contribution in [2.75, 3.05) is 26.4 Å². The summed E-state index contributed by atoms with van der Waals surface area (Å²) >= 11 is 0. The van der Waals surface area contributed by atoms with Crippen molar-refractivity contribution in [3.05, 3.63) is 12.2 Å². The average molecular weight is 405 g/mol. The second-order valence-corrected chi connectivity index (χ2v) is 6.03. The van der Waals surface area contributed by atoms with Gasteiger partial charge in [-0.2, -0.15) is 0 Å². The maximum atomic E-state index is 11.0. The van der Waals surface area contributed by atoms with E-state index in [0.29, 0.717) is 12.8 Å². The Labute approximate surface area is 178 Å². The number of aliphatic carboxylic acids is 2. The van der Waals surface area contributed by atoms with Crippen LogP contribution in [0.4, 0.5) is 0 Å². The van der Waals surface area contributed by atoms with Crippen LogP contribution in [-0.2, 0) is 19.1 Å². The van der Waals surface area contributed by atoms with Gasteiger partial charge >= 0.3 is 41.0 Å². The third kappa shape index (κ3) is 17.9. The molecule has 0 aromatic carbocycles. The van der Waals surface area contributed by atoms with Crippen molar-refractivity contribution in [3.8, 4) is 0 Å². The molecule has 0 fully saturated rings. The number of esters is 1. The Bertz CT molecular complexity index is 432. The van der Waals surface area contributed by atoms with Gasteiger partial charge in [0.25, 0.3) is 0 Å². The van der Waals surface area contributed by atoms with Gasteiger partial charge in [-0.25, -0.2) is 4.79 Å². The summed E-state index contributed by atoms with van der Waals surface area (Å²) < 4.78 is 4.72. The van der Waals surface area contributed by atoms with Gasteiger partial charge in [0.15, 0.2) is 0 Å². The minimum absolute atomic E-state index is 0. The van der Waals surface area contributed by atoms with Crippen LogP contribution in [0.1, 0.15) is 48.3 Å². The van der Waals surface area contributed by atoms with Crippen molar-refractivity contribution in [1.82, 2.24) is 0 Å². The van der Waals surface area contributed by atoms with Crippen molar-refractivity contribution in [2.24, 2.45) is 5.41 Å². The zero-order chi connectivity index (χ0) is 20.6. The molecule has 0 heterocycles. The third-order valence-corrected chi connectivity index (χ3v) is 3.40. The number of rotatable bonds is 13. The van der Waals surface area contributed by atoms with Crippen LogP contribution in [0.5, 0.6) is 0 Å². The third-order valence-electron chi connectivity index (χ3n) is 3.40. The maximum Gasteiger partial charge on any atom is 2.00 e. The molecule has 0 unspecified atom stereocenters. The fourth-order valence-corrected chi connectivity index (χ4v) is 1.53. The molecule has 0 saturated heterocycles. The molecule has 9 nitrogen and oxygen atoms in total. The number of carboxylic acids is 2. The predicted octanol–water partition coefficient (Wildman–Crippen LogP) is 0.409. The van der Waals surface area contributed by atoms with E-state index in [2.05, 4.69) is 6.58 Å². The van der Waals surface area contributed by atoms with E-state index < -0.39 is 43.1 Å². The predicted molar refractivity (Wildman–Crippen MR) is 100 cm³/mol. The van der Waals surface area contributed by atoms with Gasteiger partial charge in [0.2, 0.25) is 0 Å². The molecule has 0 saturated carbocycles. The number of carboxylic acid groups (broad SMARTS) is 2. The van der Waals surface area contributed by atoms with Crippen LogP contribution >= 0.6 is 0 Å². The molecule has 0 aliphatic carbocycles. The quantitative estimate of drug-likeness (QED) is 0.127. The summed E-state index contributed by atoms with van der Waals surface area (Å²) in [5, 5.41) is 43.2. The van der Waals surface area contributed by atoms with Crippen molar-refractivity contribution < 1.29 is 47.5 Å². The molecular weight excluding hydrogens is 372 g/mol. The number of hydrogen-bond acceptors (Lipinski definition) is 7. The number of carbonyl (C=O) groups excluding carboxylic acids is 1. The number of aliphatic hydroxyl groups excluding tert-OH is 3. The van der Waals surface area contributed by atoms with E-state index in [-0.39, 0.29) is 50.9 Å². The van der Waals surface area contributed by atoms with Crippen LogP contribution in [0.2, 0.25) is 0 Å². The van der Waals surface area contributed by atoms with Crippen LogP contribution in [-0.4, -0.2) is 92.9 Å². The van der Waals surface area contributed by atoms with E-state index >= 15 is 0 Å². The first-order chi connectivity index (χ1) is 12.1. The summed E-state index contributed by atoms with van der Waals surface area (Å²) in [5.41, 5.74) is -0.946. The van der Waals surface area contributed by atoms with E-state index in [1.165, 1.54) is 6.92 Å². The zero-order valence-corrected chi connectivity index (χ0v) is 17.3. The summed E-state index contributed by atoms with van der Waals surface area (Å²) in [5.74, 6) is -2.17. The topological polar surface area (TPSA) is 162 Å². The number of ether oxygens (including phenoxy) is 1. The van der Waals surface area contributed by atoms with Crippen molar-refractivity contribution in [3.63, 3.8) is 0 Å². The molecule has 0 aromatic rings. The standard InChI is InChI=1S/C9H16O5.C8H14O4.Mg.2H/c1-7(2)8(13)14-6-9(3-10,4-11)5-12;9-7(10)5-3-1-2-4-6-8(11)12;;;/h10-12H,1,3-6H2,2H3;1-6H2,(H,9,10)(H,11,12);;;/q;;+2;2*-1. The molecule has 5 N–H and O–H groups in total. The zero-order valence-electron chi connectivity index (χ0n) is 17.9. The van der Waals surface area contributed by atoms with Crippen molar-refractivity contribution >= 4 is 41.0 Å². The minimum Gasteiger partial charge on any atom is -1.00 e. The first-order valence-corrected chi connectivity index (χ1v) is 8.23. The second kappa shape index (κ2) is 18.2. The van der Waals surface area contributed by atoms with Crippen LogP contribution in [0.15, 0.2) is 12.2 Å². The van der Waals surface area contributed by atoms with Crippen LogP contribution < -0.4 is 0 Å². The molecule has 0 amide bonds. The maximum absolute atomic E-state index is 11.0. The molecule has 0 radical (unpaired) electrons. The van der Waals surface area contributed by atoms with E-state index in [4.69, 9.17) is 30.3 Å². The molecule has 0 aliphatic rings. The number of unbranched alkanes of at least 4 members (excludes halogenated alkanes) is 3. The Morgan fingerprint density at radius 2 is 1.26 bits per heavy atom. The molecule has 27 heavy (non-hydrogen) atoms. The van der Waals surface area contributed by atoms with Gasteiger partial charge in [0.05, 0.1) is 25.2 Å². The Kier molecular flexibility index (Phi) is 20.5. The number of hydrogen-bond donors (Lipinski definition) is 5. The first kappa shape index (κ1) is 30.5. The van der Waals surface area contributed by atoms with Crippen LogP contribution in [0, 0.1) is 5.41 Å². The Morgan fingerprint density at radius 3 is 1.52 bits per heavy atom. The van der Waals surface area contributed by atoms with Gasteiger partial charge in [-0.3, -0.25) is 9.59 Å². The van der Waals surface area contributed by atoms with Gasteiger partial charge in [0.1, 0.15) is 6.61 Å². The first-order valence-electron chi connectivity index (χ1n) is 8.23. The van der Waals surface area contributed by atoms with Gasteiger partial charge in [-0.05, 0) is 19.8 Å². The fraction of sp³-hybridized carbons (Fsp3) is 0.706. The summed E-state index contributed by atoms with van der Waals surface area (Å²) in [4.78, 5) is 31.1. The summed E-state index contributed by atoms with van der Waals surface area (Å²) in [6.07, 6.45) is 3.28. The van der Waals surface area contributed by atoms with E-state index in [9.17, 15) is 14.4 Å². The monoisotopic (exact) mass is 404 g/mol. The molecule has 0 bridgehead atoms. The smallest absolute Gasteiger partial charge is 1.00 e. The molecule has 156 valence electrons. The Hall–Kier alpha value is -1.20. The molecule has 0 rings (SSSR count). The largest absolute Gasteiger partial charge is 2.00 e. The van der Waals surface area contributed by atoms with E-state index in [0.717, 1.165) is 12.8 Å². The van der Waals surface area contributed by atoms with E-state index in [1.54, 1.807) is 0 Å². The SMILES string of the molecule is C=C(C)C(=O)OCC(CO)(CO)CO.O=C(O)CCCCCCC(=O)O.[H-].[H-].[Mg+2]. The number of aliphatic hydroxyl groups is 3. The minimum atomic E-state index is -1.18. The second-order valence-electron chi connectivity index (χ2n) is 6.03. The van der Waals surface area contributed by atoms with Crippen molar-refractivity contribution in [2.45, 2.75) is 45.4 Å². The molecule has 0 aliphatic heterocycles. The molecule has 10 heteroatoms. The Balaban J connectivity index is -0.000000121. The average Bonchev–Trinajstić information content (AvgIpc) is 2.59. The molecule has 0 aromatic heterocycles. The molecule has 0 atom stereocenters. The number of carbonyl (C=O) groups is 3. The van der Waals surface area contributed by atoms with Gasteiger partial charge in [-0.1, -0.05) is 19.4 Å². The summed E-state index contributed by atoms with van der Waals surface area (Å²) in [6.45, 7) is 3.26. The van der Waals surface area contributed by atoms with Crippen LogP contribution in [0.3, 0.4) is 0 Å². The summed E-state index contributed by atoms with van der Waals surface area (Å²) in [6, 6.07) is 0. The summed E-state index contributed by atoms with van der Waals surface area (Å²) in [7, 11) is 0. The van der Waals surface area contributed by atoms with Gasteiger partial charge in [-0.15, -0.1) is 0 Å². The van der Waals surface area contributed by atoms with Gasteiger partial charge < -0.3 is 33.1 Å². The normalized spacial score (nSPS) is 10.1. The van der Waals surface area contributed by atoms with Crippen molar-refractivity contribution in [1.29, 1.82) is 0 Å². The Morgan fingerprint density at radius 1 is 0.889 bits per heavy atom. The fourth-order valence-electron chi connectivity index (χ4n) is 1.53. The molecular formula is C17H32MgO9.